The van der Waals surface area contributed by atoms with Crippen molar-refractivity contribution < 1.29 is 41.3 Å². The lowest BCUT2D eigenvalue weighted by Gasteiger charge is -2.20. The highest BCUT2D eigenvalue weighted by molar-refractivity contribution is 5.90. The van der Waals surface area contributed by atoms with Crippen LogP contribution in [0.15, 0.2) is 18.2 Å². The third kappa shape index (κ3) is 7.68. The normalized spacial score (nSPS) is 12.8. The summed E-state index contributed by atoms with van der Waals surface area (Å²) in [6, 6.07) is 2.43. The zero-order valence-electron chi connectivity index (χ0n) is 13.3. The van der Waals surface area contributed by atoms with Gasteiger partial charge in [-0.05, 0) is 31.4 Å². The van der Waals surface area contributed by atoms with Crippen LogP contribution >= 0.6 is 0 Å². The van der Waals surface area contributed by atoms with E-state index in [0.717, 1.165) is 12.1 Å². The van der Waals surface area contributed by atoms with Gasteiger partial charge in [0.1, 0.15) is 18.2 Å². The number of hydrogen-bond acceptors (Lipinski definition) is 4. The number of phenolic OH excluding ortho intramolecular Hbond substituents is 1. The second-order valence-electron chi connectivity index (χ2n) is 5.25. The van der Waals surface area contributed by atoms with Gasteiger partial charge in [0, 0.05) is 12.7 Å². The van der Waals surface area contributed by atoms with Gasteiger partial charge in [0.25, 0.3) is 0 Å². The molecule has 0 fully saturated rings. The highest BCUT2D eigenvalue weighted by atomic mass is 19.4. The molecule has 0 saturated heterocycles. The summed E-state index contributed by atoms with van der Waals surface area (Å²) in [4.78, 5) is 11.7. The molecule has 0 aliphatic carbocycles. The molecule has 1 unspecified atom stereocenters. The third-order valence-electron chi connectivity index (χ3n) is 3.26. The summed E-state index contributed by atoms with van der Waals surface area (Å²) in [5.74, 6) is -3.08. The van der Waals surface area contributed by atoms with Crippen molar-refractivity contribution in [1.82, 2.24) is 0 Å². The fourth-order valence-corrected chi connectivity index (χ4v) is 2.02. The fourth-order valence-electron chi connectivity index (χ4n) is 2.02. The quantitative estimate of drug-likeness (QED) is 0.382. The number of phenols is 1. The molecule has 0 aliphatic heterocycles. The molecule has 142 valence electrons. The number of carbonyl (C=O) groups excluding carboxylic acids is 1. The van der Waals surface area contributed by atoms with Crippen molar-refractivity contribution in [3.05, 3.63) is 29.6 Å². The Morgan fingerprint density at radius 1 is 1.16 bits per heavy atom. The molecule has 1 rings (SSSR count). The van der Waals surface area contributed by atoms with E-state index in [1.165, 1.54) is 0 Å². The average Bonchev–Trinajstić information content (AvgIpc) is 2.51. The van der Waals surface area contributed by atoms with Crippen LogP contribution < -0.4 is 0 Å². The summed E-state index contributed by atoms with van der Waals surface area (Å²) in [6.07, 6.45) is -6.69. The molecule has 1 N–H and O–H groups in total. The van der Waals surface area contributed by atoms with Crippen molar-refractivity contribution in [3.8, 4) is 5.75 Å². The van der Waals surface area contributed by atoms with E-state index in [9.17, 15) is 26.7 Å². The van der Waals surface area contributed by atoms with E-state index < -0.39 is 48.5 Å². The molecule has 0 saturated carbocycles. The Kier molecular flexibility index (Phi) is 8.60. The van der Waals surface area contributed by atoms with Gasteiger partial charge in [-0.2, -0.15) is 13.2 Å². The van der Waals surface area contributed by atoms with Gasteiger partial charge in [0.05, 0.1) is 12.2 Å². The summed E-state index contributed by atoms with van der Waals surface area (Å²) in [5.41, 5.74) is -0.688. The van der Waals surface area contributed by atoms with Crippen LogP contribution in [0.2, 0.25) is 0 Å². The summed E-state index contributed by atoms with van der Waals surface area (Å²) in [7, 11) is 0. The molecule has 0 aromatic heterocycles. The first-order chi connectivity index (χ1) is 11.8. The van der Waals surface area contributed by atoms with Crippen LogP contribution in [0, 0.1) is 5.82 Å². The minimum Gasteiger partial charge on any atom is -0.508 e. The van der Waals surface area contributed by atoms with Crippen molar-refractivity contribution in [1.29, 1.82) is 0 Å². The number of carbonyl (C=O) groups is 1. The fraction of sp³-hybridized carbons (Fsp3) is 0.562. The first kappa shape index (κ1) is 21.1. The van der Waals surface area contributed by atoms with Gasteiger partial charge >= 0.3 is 12.1 Å². The van der Waals surface area contributed by atoms with Gasteiger partial charge in [-0.3, -0.25) is 0 Å². The summed E-state index contributed by atoms with van der Waals surface area (Å²) in [6.45, 7) is -0.444. The Balaban J connectivity index is 2.54. The highest BCUT2D eigenvalue weighted by Gasteiger charge is 2.42. The lowest BCUT2D eigenvalue weighted by Crippen LogP contribution is -2.34. The molecule has 0 aliphatic rings. The summed E-state index contributed by atoms with van der Waals surface area (Å²) in [5, 5.41) is 9.05. The number of rotatable bonds is 10. The van der Waals surface area contributed by atoms with Crippen LogP contribution in [0.1, 0.15) is 36.0 Å². The standard InChI is InChI=1S/C16H19F5O4/c17-7-9-24-8-3-1-2-4-14(16(19,20)21)25-15(23)12-6-5-11(22)10-13(12)18/h5-6,10,14,22H,1-4,7-9H2. The van der Waals surface area contributed by atoms with Crippen molar-refractivity contribution >= 4 is 5.97 Å². The third-order valence-corrected chi connectivity index (χ3v) is 3.26. The maximum Gasteiger partial charge on any atom is 0.425 e. The molecule has 0 radical (unpaired) electrons. The molecular formula is C16H19F5O4. The van der Waals surface area contributed by atoms with Gasteiger partial charge in [-0.15, -0.1) is 0 Å². The van der Waals surface area contributed by atoms with Crippen LogP contribution in [0.25, 0.3) is 0 Å². The lowest BCUT2D eigenvalue weighted by molar-refractivity contribution is -0.206. The zero-order valence-corrected chi connectivity index (χ0v) is 13.3. The van der Waals surface area contributed by atoms with Crippen molar-refractivity contribution in [2.45, 2.75) is 38.0 Å². The van der Waals surface area contributed by atoms with Gasteiger partial charge < -0.3 is 14.6 Å². The molecule has 25 heavy (non-hydrogen) atoms. The number of alkyl halides is 4. The van der Waals surface area contributed by atoms with Gasteiger partial charge in [0.15, 0.2) is 6.10 Å². The van der Waals surface area contributed by atoms with E-state index in [4.69, 9.17) is 9.84 Å². The van der Waals surface area contributed by atoms with Crippen molar-refractivity contribution in [2.24, 2.45) is 0 Å². The number of aromatic hydroxyl groups is 1. The van der Waals surface area contributed by atoms with Crippen molar-refractivity contribution in [2.75, 3.05) is 19.9 Å². The Hall–Kier alpha value is -1.90. The smallest absolute Gasteiger partial charge is 0.425 e. The summed E-state index contributed by atoms with van der Waals surface area (Å²) >= 11 is 0. The van der Waals surface area contributed by atoms with Gasteiger partial charge in [-0.1, -0.05) is 6.42 Å². The molecule has 0 heterocycles. The molecule has 0 amide bonds. The topological polar surface area (TPSA) is 55.8 Å². The first-order valence-corrected chi connectivity index (χ1v) is 7.65. The number of hydrogen-bond donors (Lipinski definition) is 1. The van der Waals surface area contributed by atoms with Crippen molar-refractivity contribution in [3.63, 3.8) is 0 Å². The molecule has 9 heteroatoms. The lowest BCUT2D eigenvalue weighted by atomic mass is 10.1. The SMILES string of the molecule is O=C(OC(CCCCCOCCF)C(F)(F)F)c1ccc(O)cc1F. The predicted molar refractivity (Wildman–Crippen MR) is 78.6 cm³/mol. The second kappa shape index (κ2) is 10.2. The predicted octanol–water partition coefficient (Wildman–Crippen LogP) is 4.17. The van der Waals surface area contributed by atoms with Crippen LogP contribution in [0.5, 0.6) is 5.75 Å². The average molecular weight is 370 g/mol. The molecule has 0 bridgehead atoms. The number of unbranched alkanes of at least 4 members (excludes halogenated alkanes) is 2. The van der Waals surface area contributed by atoms with E-state index >= 15 is 0 Å². The Morgan fingerprint density at radius 3 is 2.48 bits per heavy atom. The van der Waals surface area contributed by atoms with E-state index in [2.05, 4.69) is 4.74 Å². The number of ether oxygens (including phenoxy) is 2. The maximum atomic E-state index is 13.5. The van der Waals surface area contributed by atoms with E-state index in [-0.39, 0.29) is 19.6 Å². The van der Waals surface area contributed by atoms with Crippen LogP contribution in [-0.4, -0.2) is 43.2 Å². The zero-order chi connectivity index (χ0) is 18.9. The van der Waals surface area contributed by atoms with Crippen LogP contribution in [-0.2, 0) is 9.47 Å². The minimum atomic E-state index is -4.78. The van der Waals surface area contributed by atoms with Crippen LogP contribution in [0.4, 0.5) is 22.0 Å². The minimum absolute atomic E-state index is 0.0546. The molecule has 1 aromatic rings. The van der Waals surface area contributed by atoms with E-state index in [0.29, 0.717) is 18.9 Å². The largest absolute Gasteiger partial charge is 0.508 e. The van der Waals surface area contributed by atoms with E-state index in [1.807, 2.05) is 0 Å². The number of esters is 1. The Morgan fingerprint density at radius 2 is 1.88 bits per heavy atom. The molecular weight excluding hydrogens is 351 g/mol. The van der Waals surface area contributed by atoms with Gasteiger partial charge in [-0.25, -0.2) is 13.6 Å². The Labute approximate surface area is 141 Å². The number of benzene rings is 1. The molecule has 1 atom stereocenters. The van der Waals surface area contributed by atoms with E-state index in [1.54, 1.807) is 0 Å². The first-order valence-electron chi connectivity index (χ1n) is 7.65. The number of halogens is 5. The van der Waals surface area contributed by atoms with Crippen LogP contribution in [0.3, 0.4) is 0 Å². The molecule has 0 spiro atoms. The monoisotopic (exact) mass is 370 g/mol. The highest BCUT2D eigenvalue weighted by Crippen LogP contribution is 2.28. The maximum absolute atomic E-state index is 13.5. The second-order valence-corrected chi connectivity index (χ2v) is 5.25. The molecule has 1 aromatic carbocycles. The van der Waals surface area contributed by atoms with Gasteiger partial charge in [0.2, 0.25) is 0 Å². The molecule has 4 nitrogen and oxygen atoms in total. The summed E-state index contributed by atoms with van der Waals surface area (Å²) < 4.78 is 73.4. The Bertz CT molecular complexity index is 548.